The number of likely N-dealkylation sites (tertiary alicyclic amines) is 1. The number of benzene rings is 1. The van der Waals surface area contributed by atoms with Crippen LogP contribution in [0.15, 0.2) is 18.2 Å². The van der Waals surface area contributed by atoms with Gasteiger partial charge in [0.1, 0.15) is 11.9 Å². The van der Waals surface area contributed by atoms with E-state index in [-0.39, 0.29) is 23.5 Å². The number of piperidine rings is 1. The molecule has 1 atom stereocenters. The third-order valence-corrected chi connectivity index (χ3v) is 5.30. The van der Waals surface area contributed by atoms with E-state index in [0.29, 0.717) is 28.8 Å². The maximum atomic E-state index is 12.7. The molecule has 1 aliphatic heterocycles. The summed E-state index contributed by atoms with van der Waals surface area (Å²) in [6.45, 7) is 9.74. The van der Waals surface area contributed by atoms with Crippen molar-refractivity contribution < 1.29 is 19.1 Å². The highest BCUT2D eigenvalue weighted by Gasteiger charge is 2.26. The largest absolute Gasteiger partial charge is 0.489 e. The molecular formula is C22H33ClN2O4. The Morgan fingerprint density at radius 1 is 1.28 bits per heavy atom. The number of nitrogens with zero attached hydrogens (tertiary/aromatic N) is 1. The van der Waals surface area contributed by atoms with Crippen LogP contribution in [0.4, 0.5) is 0 Å². The quantitative estimate of drug-likeness (QED) is 0.668. The SMILES string of the molecule is COC(=O)CCC(C)N1CCC(Oc2ccc(Cl)cc2C(=O)NC(C)(C)C)CC1. The predicted octanol–water partition coefficient (Wildman–Crippen LogP) is 4.05. The highest BCUT2D eigenvalue weighted by molar-refractivity contribution is 6.31. The maximum Gasteiger partial charge on any atom is 0.305 e. The van der Waals surface area contributed by atoms with Crippen LogP contribution in [0.1, 0.15) is 63.7 Å². The second-order valence-electron chi connectivity index (χ2n) is 8.66. The van der Waals surface area contributed by atoms with Crippen molar-refractivity contribution in [2.45, 2.75) is 71.1 Å². The van der Waals surface area contributed by atoms with Crippen LogP contribution in [0.2, 0.25) is 5.02 Å². The molecule has 1 fully saturated rings. The lowest BCUT2D eigenvalue weighted by atomic mass is 10.0. The second kappa shape index (κ2) is 10.3. The maximum absolute atomic E-state index is 12.7. The van der Waals surface area contributed by atoms with Gasteiger partial charge in [0.05, 0.1) is 12.7 Å². The highest BCUT2D eigenvalue weighted by atomic mass is 35.5. The molecule has 162 valence electrons. The zero-order chi connectivity index (χ0) is 21.6. The molecule has 0 saturated carbocycles. The minimum atomic E-state index is -0.345. The lowest BCUT2D eigenvalue weighted by molar-refractivity contribution is -0.141. The van der Waals surface area contributed by atoms with Gasteiger partial charge in [-0.2, -0.15) is 0 Å². The minimum Gasteiger partial charge on any atom is -0.489 e. The van der Waals surface area contributed by atoms with Gasteiger partial charge < -0.3 is 19.7 Å². The molecule has 1 heterocycles. The van der Waals surface area contributed by atoms with E-state index >= 15 is 0 Å². The summed E-state index contributed by atoms with van der Waals surface area (Å²) in [5, 5.41) is 3.47. The Kier molecular flexibility index (Phi) is 8.34. The normalized spacial score (nSPS) is 16.9. The van der Waals surface area contributed by atoms with E-state index in [1.54, 1.807) is 18.2 Å². The Hall–Kier alpha value is -1.79. The fourth-order valence-electron chi connectivity index (χ4n) is 3.42. The van der Waals surface area contributed by atoms with Gasteiger partial charge in [-0.3, -0.25) is 9.59 Å². The molecule has 0 bridgehead atoms. The minimum absolute atomic E-state index is 0.0430. The molecule has 0 aromatic heterocycles. The number of hydrogen-bond acceptors (Lipinski definition) is 5. The van der Waals surface area contributed by atoms with Crippen molar-refractivity contribution >= 4 is 23.5 Å². The summed E-state index contributed by atoms with van der Waals surface area (Å²) in [6.07, 6.45) is 3.00. The van der Waals surface area contributed by atoms with E-state index in [0.717, 1.165) is 32.4 Å². The number of carbonyl (C=O) groups is 2. The third-order valence-electron chi connectivity index (χ3n) is 5.06. The number of methoxy groups -OCH3 is 1. The summed E-state index contributed by atoms with van der Waals surface area (Å²) in [7, 11) is 1.42. The molecule has 1 aromatic carbocycles. The van der Waals surface area contributed by atoms with E-state index in [1.165, 1.54) is 7.11 Å². The number of carbonyl (C=O) groups excluding carboxylic acids is 2. The molecule has 2 rings (SSSR count). The van der Waals surface area contributed by atoms with E-state index in [1.807, 2.05) is 20.8 Å². The van der Waals surface area contributed by atoms with Crippen LogP contribution in [-0.4, -0.2) is 54.7 Å². The molecule has 0 aliphatic carbocycles. The number of hydrogen-bond donors (Lipinski definition) is 1. The van der Waals surface area contributed by atoms with Gasteiger partial charge in [-0.25, -0.2) is 0 Å². The summed E-state index contributed by atoms with van der Waals surface area (Å²) < 4.78 is 10.9. The monoisotopic (exact) mass is 424 g/mol. The summed E-state index contributed by atoms with van der Waals surface area (Å²) in [5.41, 5.74) is 0.115. The van der Waals surface area contributed by atoms with Gasteiger partial charge in [0, 0.05) is 36.1 Å². The first-order valence-corrected chi connectivity index (χ1v) is 10.6. The van der Waals surface area contributed by atoms with E-state index in [9.17, 15) is 9.59 Å². The average molecular weight is 425 g/mol. The second-order valence-corrected chi connectivity index (χ2v) is 9.10. The Balaban J connectivity index is 1.95. The first-order chi connectivity index (χ1) is 13.6. The summed E-state index contributed by atoms with van der Waals surface area (Å²) in [5.74, 6) is 0.205. The number of ether oxygens (including phenoxy) is 2. The molecule has 1 amide bonds. The molecule has 1 N–H and O–H groups in total. The van der Waals surface area contributed by atoms with Crippen molar-refractivity contribution in [2.24, 2.45) is 0 Å². The van der Waals surface area contributed by atoms with Crippen LogP contribution in [0.25, 0.3) is 0 Å². The number of nitrogens with one attached hydrogen (secondary N) is 1. The molecular weight excluding hydrogens is 392 g/mol. The van der Waals surface area contributed by atoms with Crippen molar-refractivity contribution in [3.05, 3.63) is 28.8 Å². The zero-order valence-electron chi connectivity index (χ0n) is 18.1. The lowest BCUT2D eigenvalue weighted by Crippen LogP contribution is -2.43. The van der Waals surface area contributed by atoms with E-state index < -0.39 is 0 Å². The summed E-state index contributed by atoms with van der Waals surface area (Å²) in [4.78, 5) is 26.4. The number of halogens is 1. The Morgan fingerprint density at radius 2 is 1.93 bits per heavy atom. The smallest absolute Gasteiger partial charge is 0.305 e. The molecule has 7 heteroatoms. The van der Waals surface area contributed by atoms with Crippen molar-refractivity contribution in [3.8, 4) is 5.75 Å². The molecule has 29 heavy (non-hydrogen) atoms. The number of esters is 1. The number of rotatable bonds is 7. The van der Waals surface area contributed by atoms with Crippen LogP contribution in [0.5, 0.6) is 5.75 Å². The lowest BCUT2D eigenvalue weighted by Gasteiger charge is -2.36. The molecule has 1 aliphatic rings. The van der Waals surface area contributed by atoms with Crippen molar-refractivity contribution in [2.75, 3.05) is 20.2 Å². The van der Waals surface area contributed by atoms with Gasteiger partial charge in [-0.1, -0.05) is 11.6 Å². The van der Waals surface area contributed by atoms with Crippen molar-refractivity contribution in [3.63, 3.8) is 0 Å². The standard InChI is InChI=1S/C22H33ClN2O4/c1-15(6-9-20(26)28-5)25-12-10-17(11-13-25)29-19-8-7-16(23)14-18(19)21(27)24-22(2,3)4/h7-8,14-15,17H,6,9-13H2,1-5H3,(H,24,27). The fourth-order valence-corrected chi connectivity index (χ4v) is 3.59. The van der Waals surface area contributed by atoms with Gasteiger partial charge in [0.2, 0.25) is 0 Å². The van der Waals surface area contributed by atoms with Gasteiger partial charge in [-0.15, -0.1) is 0 Å². The highest BCUT2D eigenvalue weighted by Crippen LogP contribution is 2.27. The van der Waals surface area contributed by atoms with Crippen LogP contribution >= 0.6 is 11.6 Å². The van der Waals surface area contributed by atoms with Gasteiger partial charge in [0.25, 0.3) is 5.91 Å². The molecule has 0 spiro atoms. The van der Waals surface area contributed by atoms with Crippen molar-refractivity contribution in [1.82, 2.24) is 10.2 Å². The van der Waals surface area contributed by atoms with E-state index in [4.69, 9.17) is 21.1 Å². The van der Waals surface area contributed by atoms with Crippen LogP contribution in [-0.2, 0) is 9.53 Å². The van der Waals surface area contributed by atoms with Gasteiger partial charge in [0.15, 0.2) is 0 Å². The molecule has 1 saturated heterocycles. The van der Waals surface area contributed by atoms with Crippen molar-refractivity contribution in [1.29, 1.82) is 0 Å². The first-order valence-electron chi connectivity index (χ1n) is 10.2. The Labute approximate surface area is 178 Å². The Morgan fingerprint density at radius 3 is 2.52 bits per heavy atom. The topological polar surface area (TPSA) is 67.9 Å². The first kappa shape index (κ1) is 23.5. The van der Waals surface area contributed by atoms with E-state index in [2.05, 4.69) is 17.1 Å². The van der Waals surface area contributed by atoms with Crippen LogP contribution in [0.3, 0.4) is 0 Å². The fraction of sp³-hybridized carbons (Fsp3) is 0.636. The number of amides is 1. The summed E-state index contributed by atoms with van der Waals surface area (Å²) >= 11 is 6.12. The molecule has 1 unspecified atom stereocenters. The average Bonchev–Trinajstić information content (AvgIpc) is 2.66. The van der Waals surface area contributed by atoms with Crippen LogP contribution in [0, 0.1) is 0 Å². The summed E-state index contributed by atoms with van der Waals surface area (Å²) in [6, 6.07) is 5.49. The molecule has 0 radical (unpaired) electrons. The Bertz CT molecular complexity index is 709. The third kappa shape index (κ3) is 7.52. The zero-order valence-corrected chi connectivity index (χ0v) is 18.8. The molecule has 6 nitrogen and oxygen atoms in total. The van der Waals surface area contributed by atoms with Gasteiger partial charge >= 0.3 is 5.97 Å². The van der Waals surface area contributed by atoms with Crippen LogP contribution < -0.4 is 10.1 Å². The van der Waals surface area contributed by atoms with Gasteiger partial charge in [-0.05, 0) is 65.2 Å². The molecule has 1 aromatic rings. The predicted molar refractivity (Wildman–Crippen MR) is 115 cm³/mol.